The van der Waals surface area contributed by atoms with Crippen molar-refractivity contribution in [1.29, 1.82) is 0 Å². The van der Waals surface area contributed by atoms with Crippen LogP contribution in [-0.2, 0) is 9.59 Å². The van der Waals surface area contributed by atoms with Gasteiger partial charge in [-0.1, -0.05) is 24.3 Å². The second-order valence-electron chi connectivity index (χ2n) is 12.1. The molecule has 5 aromatic rings. The Morgan fingerprint density at radius 1 is 0.731 bits per heavy atom. The summed E-state index contributed by atoms with van der Waals surface area (Å²) in [5.41, 5.74) is 1.71. The van der Waals surface area contributed by atoms with E-state index >= 15 is 0 Å². The number of ether oxygens (including phenoxy) is 2. The molecule has 0 bridgehead atoms. The van der Waals surface area contributed by atoms with Gasteiger partial charge in [-0.15, -0.1) is 0 Å². The van der Waals surface area contributed by atoms with Crippen molar-refractivity contribution in [3.63, 3.8) is 0 Å². The van der Waals surface area contributed by atoms with E-state index in [4.69, 9.17) is 26.8 Å². The van der Waals surface area contributed by atoms with Crippen LogP contribution in [0.2, 0.25) is 0 Å². The molecule has 3 N–H and O–H groups in total. The molecule has 1 fully saturated rings. The van der Waals surface area contributed by atoms with E-state index in [0.717, 1.165) is 0 Å². The first-order valence-corrected chi connectivity index (χ1v) is 16.2. The number of nitro benzene ring substituents is 2. The Bertz CT molecular complexity index is 2260. The van der Waals surface area contributed by atoms with Crippen molar-refractivity contribution in [2.45, 2.75) is 11.8 Å². The number of carbonyl (C=O) groups is 2. The number of methoxy groups -OCH3 is 2. The SMILES string of the molecule is COc1ccc(C2/C(=C/c3ccc([N+](=O)[O-])cc3)c3n[nH]c(-c4ccc([N+](=O)[O-])cc4)c3C(c3ccc(OC)cc3)C23C(=O)NC(=S)NC3=O)cc1. The summed E-state index contributed by atoms with van der Waals surface area (Å²) in [5.74, 6) is -2.30. The van der Waals surface area contributed by atoms with Crippen LogP contribution in [0.5, 0.6) is 11.5 Å². The number of rotatable bonds is 8. The summed E-state index contributed by atoms with van der Waals surface area (Å²) in [4.78, 5) is 51.8. The Labute approximate surface area is 300 Å². The number of aromatic nitrogens is 2. The van der Waals surface area contributed by atoms with E-state index < -0.39 is 38.9 Å². The van der Waals surface area contributed by atoms with E-state index in [1.807, 2.05) is 0 Å². The number of nitrogens with one attached hydrogen (secondary N) is 3. The fraction of sp³-hybridized carbons (Fsp3) is 0.135. The molecule has 14 nitrogen and oxygen atoms in total. The first-order chi connectivity index (χ1) is 25.1. The standard InChI is InChI=1S/C37H28N6O8S/c1-50-26-15-7-21(8-16-26)30-28(19-20-3-11-24(12-4-20)42(46)47)33-29(32(40-41-33)23-5-13-25(14-6-23)43(48)49)31(22-9-17-27(51-2)18-10-22)37(30)34(44)38-36(52)39-35(37)45/h3-19,30-31H,1-2H3,(H,40,41)(H2,38,39,44,45,52)/b28-19-. The molecule has 2 heterocycles. The van der Waals surface area contributed by atoms with Gasteiger partial charge in [-0.3, -0.25) is 34.9 Å². The van der Waals surface area contributed by atoms with Crippen LogP contribution in [0.4, 0.5) is 11.4 Å². The molecule has 52 heavy (non-hydrogen) atoms. The van der Waals surface area contributed by atoms with E-state index in [2.05, 4.69) is 15.7 Å². The van der Waals surface area contributed by atoms with Gasteiger partial charge in [0.2, 0.25) is 11.8 Å². The van der Waals surface area contributed by atoms with Crippen LogP contribution in [-0.4, -0.2) is 51.2 Å². The van der Waals surface area contributed by atoms with Crippen LogP contribution in [0.15, 0.2) is 97.1 Å². The summed E-state index contributed by atoms with van der Waals surface area (Å²) < 4.78 is 10.9. The molecular formula is C37H28N6O8S. The number of H-pyrrole nitrogens is 1. The number of fused-ring (bicyclic) bond motifs is 1. The highest BCUT2D eigenvalue weighted by Gasteiger charge is 2.65. The molecule has 1 spiro atoms. The Morgan fingerprint density at radius 3 is 1.69 bits per heavy atom. The van der Waals surface area contributed by atoms with Gasteiger partial charge in [0.1, 0.15) is 11.5 Å². The molecule has 2 unspecified atom stereocenters. The summed E-state index contributed by atoms with van der Waals surface area (Å²) >= 11 is 5.31. The number of benzene rings is 4. The third-order valence-corrected chi connectivity index (χ3v) is 9.69. The number of thiocarbonyl (C=S) groups is 1. The zero-order valence-electron chi connectivity index (χ0n) is 27.5. The summed E-state index contributed by atoms with van der Waals surface area (Å²) in [6.07, 6.45) is 1.75. The summed E-state index contributed by atoms with van der Waals surface area (Å²) in [5, 5.41) is 36.2. The van der Waals surface area contributed by atoms with Crippen LogP contribution < -0.4 is 20.1 Å². The average Bonchev–Trinajstić information content (AvgIpc) is 3.59. The molecule has 0 saturated carbocycles. The van der Waals surface area contributed by atoms with Gasteiger partial charge in [-0.05, 0) is 89.1 Å². The van der Waals surface area contributed by atoms with Crippen molar-refractivity contribution in [2.24, 2.45) is 5.41 Å². The Morgan fingerprint density at radius 2 is 1.21 bits per heavy atom. The fourth-order valence-corrected chi connectivity index (χ4v) is 7.34. The average molecular weight is 717 g/mol. The number of hydrogen-bond donors (Lipinski definition) is 3. The highest BCUT2D eigenvalue weighted by Crippen LogP contribution is 2.62. The Balaban J connectivity index is 1.61. The molecule has 1 aromatic heterocycles. The van der Waals surface area contributed by atoms with Gasteiger partial charge >= 0.3 is 0 Å². The first kappa shape index (κ1) is 33.7. The van der Waals surface area contributed by atoms with Crippen molar-refractivity contribution in [3.05, 3.63) is 145 Å². The molecule has 260 valence electrons. The molecule has 1 aliphatic carbocycles. The highest BCUT2D eigenvalue weighted by molar-refractivity contribution is 7.80. The van der Waals surface area contributed by atoms with Gasteiger partial charge < -0.3 is 20.1 Å². The summed E-state index contributed by atoms with van der Waals surface area (Å²) in [7, 11) is 3.05. The maximum Gasteiger partial charge on any atom is 0.269 e. The zero-order valence-corrected chi connectivity index (χ0v) is 28.3. The molecule has 2 aliphatic rings. The second kappa shape index (κ2) is 13.2. The van der Waals surface area contributed by atoms with Crippen LogP contribution in [0.1, 0.15) is 39.8 Å². The molecule has 2 amide bonds. The van der Waals surface area contributed by atoms with E-state index in [9.17, 15) is 29.8 Å². The van der Waals surface area contributed by atoms with Gasteiger partial charge in [0.25, 0.3) is 11.4 Å². The monoisotopic (exact) mass is 716 g/mol. The minimum Gasteiger partial charge on any atom is -0.497 e. The van der Waals surface area contributed by atoms with E-state index in [-0.39, 0.29) is 16.5 Å². The van der Waals surface area contributed by atoms with Crippen molar-refractivity contribution >= 4 is 52.2 Å². The fourth-order valence-electron chi connectivity index (χ4n) is 7.16. The summed E-state index contributed by atoms with van der Waals surface area (Å²) in [6.45, 7) is 0. The van der Waals surface area contributed by atoms with Gasteiger partial charge in [-0.25, -0.2) is 0 Å². The molecule has 1 aliphatic heterocycles. The number of non-ortho nitro benzene ring substituents is 2. The van der Waals surface area contributed by atoms with Crippen molar-refractivity contribution in [3.8, 4) is 22.8 Å². The third-order valence-electron chi connectivity index (χ3n) is 9.48. The quantitative estimate of drug-likeness (QED) is 0.0754. The van der Waals surface area contributed by atoms with Crippen molar-refractivity contribution in [2.75, 3.05) is 14.2 Å². The molecule has 0 radical (unpaired) electrons. The first-order valence-electron chi connectivity index (χ1n) is 15.8. The smallest absolute Gasteiger partial charge is 0.269 e. The Hall–Kier alpha value is -6.74. The predicted octanol–water partition coefficient (Wildman–Crippen LogP) is 5.90. The lowest BCUT2D eigenvalue weighted by Crippen LogP contribution is -2.67. The van der Waals surface area contributed by atoms with Crippen molar-refractivity contribution in [1.82, 2.24) is 20.8 Å². The number of allylic oxidation sites excluding steroid dienone is 1. The van der Waals surface area contributed by atoms with Crippen molar-refractivity contribution < 1.29 is 28.9 Å². The maximum absolute atomic E-state index is 14.9. The van der Waals surface area contributed by atoms with Crippen LogP contribution in [0.25, 0.3) is 22.9 Å². The lowest BCUT2D eigenvalue weighted by molar-refractivity contribution is -0.385. The molecule has 1 saturated heterocycles. The summed E-state index contributed by atoms with van der Waals surface area (Å²) in [6, 6.07) is 25.7. The number of aromatic amines is 1. The van der Waals surface area contributed by atoms with Gasteiger partial charge in [0, 0.05) is 47.2 Å². The minimum atomic E-state index is -1.97. The zero-order chi connectivity index (χ0) is 36.7. The lowest BCUT2D eigenvalue weighted by atomic mass is 9.52. The van der Waals surface area contributed by atoms with Crippen LogP contribution in [0.3, 0.4) is 0 Å². The highest BCUT2D eigenvalue weighted by atomic mass is 32.1. The molecular weight excluding hydrogens is 689 g/mol. The second-order valence-corrected chi connectivity index (χ2v) is 12.5. The Kier molecular flexibility index (Phi) is 8.56. The van der Waals surface area contributed by atoms with Gasteiger partial charge in [-0.2, -0.15) is 5.10 Å². The maximum atomic E-state index is 14.9. The number of amides is 2. The van der Waals surface area contributed by atoms with Gasteiger partial charge in [0.15, 0.2) is 10.5 Å². The van der Waals surface area contributed by atoms with Crippen LogP contribution in [0, 0.1) is 25.6 Å². The number of carbonyl (C=O) groups excluding carboxylic acids is 2. The third kappa shape index (κ3) is 5.52. The lowest BCUT2D eigenvalue weighted by Gasteiger charge is -2.49. The number of hydrogen-bond acceptors (Lipinski definition) is 10. The van der Waals surface area contributed by atoms with Crippen LogP contribution >= 0.6 is 12.2 Å². The van der Waals surface area contributed by atoms with E-state index in [0.29, 0.717) is 56.3 Å². The predicted molar refractivity (Wildman–Crippen MR) is 194 cm³/mol. The largest absolute Gasteiger partial charge is 0.497 e. The van der Waals surface area contributed by atoms with Gasteiger partial charge in [0.05, 0.1) is 35.5 Å². The van der Waals surface area contributed by atoms with E-state index in [1.54, 1.807) is 78.9 Å². The molecule has 7 rings (SSSR count). The topological polar surface area (TPSA) is 192 Å². The molecule has 4 aromatic carbocycles. The molecule has 15 heteroatoms. The number of nitro groups is 2. The minimum absolute atomic E-state index is 0.117. The van der Waals surface area contributed by atoms with E-state index in [1.165, 1.54) is 38.5 Å². The number of nitrogens with zero attached hydrogens (tertiary/aromatic N) is 3. The molecule has 2 atom stereocenters. The normalized spacial score (nSPS) is 18.3.